The van der Waals surface area contributed by atoms with Gasteiger partial charge in [-0.25, -0.2) is 0 Å². The van der Waals surface area contributed by atoms with Crippen molar-refractivity contribution < 1.29 is 0 Å². The second-order valence-electron chi connectivity index (χ2n) is 8.45. The number of hydrogen-bond acceptors (Lipinski definition) is 2. The first-order chi connectivity index (χ1) is 12.7. The van der Waals surface area contributed by atoms with Gasteiger partial charge in [-0.05, 0) is 80.9 Å². The number of rotatable bonds is 7. The molecule has 1 aromatic carbocycles. The Morgan fingerprint density at radius 3 is 2.46 bits per heavy atom. The summed E-state index contributed by atoms with van der Waals surface area (Å²) >= 11 is 0. The van der Waals surface area contributed by atoms with Crippen LogP contribution in [0, 0.1) is 17.8 Å². The van der Waals surface area contributed by atoms with Gasteiger partial charge in [-0.3, -0.25) is 4.99 Å². The van der Waals surface area contributed by atoms with Crippen molar-refractivity contribution in [2.45, 2.75) is 51.5 Å². The second-order valence-corrected chi connectivity index (χ2v) is 8.45. The molecule has 142 valence electrons. The van der Waals surface area contributed by atoms with E-state index < -0.39 is 0 Å². The van der Waals surface area contributed by atoms with Gasteiger partial charge in [0.15, 0.2) is 5.96 Å². The van der Waals surface area contributed by atoms with E-state index in [1.54, 1.807) is 0 Å². The lowest BCUT2D eigenvalue weighted by Crippen LogP contribution is -2.41. The van der Waals surface area contributed by atoms with Crippen LogP contribution < -0.4 is 15.5 Å². The average molecular weight is 355 g/mol. The van der Waals surface area contributed by atoms with Gasteiger partial charge in [0.1, 0.15) is 0 Å². The fourth-order valence-electron chi connectivity index (χ4n) is 4.43. The zero-order valence-corrected chi connectivity index (χ0v) is 16.4. The molecule has 0 spiro atoms. The van der Waals surface area contributed by atoms with Crippen molar-refractivity contribution in [2.24, 2.45) is 22.7 Å². The molecule has 4 heteroatoms. The van der Waals surface area contributed by atoms with E-state index >= 15 is 0 Å². The maximum atomic E-state index is 4.47. The molecule has 0 radical (unpaired) electrons. The third-order valence-corrected chi connectivity index (χ3v) is 6.38. The fraction of sp³-hybridized carbons (Fsp3) is 0.682. The molecule has 0 aromatic heterocycles. The second kappa shape index (κ2) is 7.89. The van der Waals surface area contributed by atoms with Gasteiger partial charge in [0.05, 0.1) is 6.04 Å². The van der Waals surface area contributed by atoms with Crippen LogP contribution in [0.3, 0.4) is 0 Å². The van der Waals surface area contributed by atoms with E-state index in [2.05, 4.69) is 51.7 Å². The van der Waals surface area contributed by atoms with Crippen LogP contribution in [0.1, 0.15) is 57.1 Å². The molecule has 0 amide bonds. The van der Waals surface area contributed by atoms with Crippen LogP contribution in [0.5, 0.6) is 0 Å². The molecule has 2 saturated carbocycles. The zero-order valence-electron chi connectivity index (χ0n) is 16.4. The van der Waals surface area contributed by atoms with E-state index in [9.17, 15) is 0 Å². The number of nitrogens with zero attached hydrogens (tertiary/aromatic N) is 2. The molecule has 1 atom stereocenters. The Bertz CT molecular complexity index is 615. The maximum absolute atomic E-state index is 4.47. The van der Waals surface area contributed by atoms with Gasteiger partial charge in [0.2, 0.25) is 0 Å². The van der Waals surface area contributed by atoms with Crippen molar-refractivity contribution in [3.8, 4) is 0 Å². The molecule has 4 nitrogen and oxygen atoms in total. The first-order valence-electron chi connectivity index (χ1n) is 10.6. The average Bonchev–Trinajstić information content (AvgIpc) is 3.61. The molecule has 3 fully saturated rings. The fourth-order valence-corrected chi connectivity index (χ4v) is 4.43. The number of benzene rings is 1. The van der Waals surface area contributed by atoms with Crippen LogP contribution in [0.2, 0.25) is 0 Å². The summed E-state index contributed by atoms with van der Waals surface area (Å²) in [5.41, 5.74) is 2.69. The summed E-state index contributed by atoms with van der Waals surface area (Å²) in [7, 11) is 1.88. The molecule has 1 aliphatic heterocycles. The van der Waals surface area contributed by atoms with Crippen molar-refractivity contribution in [3.63, 3.8) is 0 Å². The highest BCUT2D eigenvalue weighted by Gasteiger charge is 2.41. The summed E-state index contributed by atoms with van der Waals surface area (Å²) in [6.45, 7) is 5.70. The van der Waals surface area contributed by atoms with Crippen molar-refractivity contribution in [3.05, 3.63) is 29.8 Å². The molecule has 1 saturated heterocycles. The topological polar surface area (TPSA) is 39.7 Å². The third kappa shape index (κ3) is 4.33. The third-order valence-electron chi connectivity index (χ3n) is 6.38. The lowest BCUT2D eigenvalue weighted by Gasteiger charge is -2.23. The lowest BCUT2D eigenvalue weighted by atomic mass is 9.98. The van der Waals surface area contributed by atoms with Crippen LogP contribution >= 0.6 is 0 Å². The monoisotopic (exact) mass is 354 g/mol. The zero-order chi connectivity index (χ0) is 17.9. The summed E-state index contributed by atoms with van der Waals surface area (Å²) in [6, 6.07) is 9.25. The van der Waals surface area contributed by atoms with Crippen LogP contribution in [0.25, 0.3) is 0 Å². The standard InChI is InChI=1S/C22H34N4/c1-16(19-6-5-7-20(14-19)26-12-3-4-13-26)25-22(23-2)24-15-21(17-8-9-17)18-10-11-18/h5-7,14,16-18,21H,3-4,8-13,15H2,1-2H3,(H2,23,24,25). The highest BCUT2D eigenvalue weighted by Crippen LogP contribution is 2.48. The van der Waals surface area contributed by atoms with E-state index in [0.717, 1.165) is 30.3 Å². The molecule has 0 bridgehead atoms. The summed E-state index contributed by atoms with van der Waals surface area (Å²) in [5.74, 6) is 3.75. The number of guanidine groups is 1. The lowest BCUT2D eigenvalue weighted by molar-refractivity contribution is 0.399. The van der Waals surface area contributed by atoms with E-state index in [4.69, 9.17) is 0 Å². The van der Waals surface area contributed by atoms with Crippen molar-refractivity contribution in [1.29, 1.82) is 0 Å². The predicted octanol–water partition coefficient (Wildman–Crippen LogP) is 3.95. The van der Waals surface area contributed by atoms with E-state index in [-0.39, 0.29) is 6.04 Å². The Labute approximate surface area is 158 Å². The van der Waals surface area contributed by atoms with Gasteiger partial charge >= 0.3 is 0 Å². The maximum Gasteiger partial charge on any atom is 0.191 e. The minimum atomic E-state index is 0.254. The molecule has 1 heterocycles. The molecule has 1 aromatic rings. The van der Waals surface area contributed by atoms with Gasteiger partial charge in [-0.15, -0.1) is 0 Å². The van der Waals surface area contributed by atoms with Gasteiger partial charge in [0, 0.05) is 32.4 Å². The SMILES string of the molecule is CN=C(NCC(C1CC1)C1CC1)NC(C)c1cccc(N2CCCC2)c1. The van der Waals surface area contributed by atoms with Gasteiger partial charge in [-0.2, -0.15) is 0 Å². The smallest absolute Gasteiger partial charge is 0.191 e. The van der Waals surface area contributed by atoms with E-state index in [1.165, 1.54) is 62.9 Å². The van der Waals surface area contributed by atoms with Crippen molar-refractivity contribution in [1.82, 2.24) is 10.6 Å². The van der Waals surface area contributed by atoms with E-state index in [0.29, 0.717) is 0 Å². The minimum Gasteiger partial charge on any atom is -0.372 e. The first-order valence-corrected chi connectivity index (χ1v) is 10.6. The Kier molecular flexibility index (Phi) is 5.37. The Morgan fingerprint density at radius 2 is 1.85 bits per heavy atom. The van der Waals surface area contributed by atoms with Gasteiger partial charge < -0.3 is 15.5 Å². The van der Waals surface area contributed by atoms with Gasteiger partial charge in [0.25, 0.3) is 0 Å². The highest BCUT2D eigenvalue weighted by molar-refractivity contribution is 5.80. The number of anilines is 1. The van der Waals surface area contributed by atoms with Crippen LogP contribution in [0.15, 0.2) is 29.3 Å². The predicted molar refractivity (Wildman–Crippen MR) is 110 cm³/mol. The Morgan fingerprint density at radius 1 is 1.15 bits per heavy atom. The molecular formula is C22H34N4. The largest absolute Gasteiger partial charge is 0.372 e. The molecular weight excluding hydrogens is 320 g/mol. The normalized spacial score (nSPS) is 22.0. The Balaban J connectivity index is 1.33. The Hall–Kier alpha value is -1.71. The molecule has 1 unspecified atom stereocenters. The summed E-state index contributed by atoms with van der Waals surface area (Å²) in [4.78, 5) is 6.97. The van der Waals surface area contributed by atoms with Crippen LogP contribution in [-0.4, -0.2) is 32.6 Å². The summed E-state index contributed by atoms with van der Waals surface area (Å²) < 4.78 is 0. The first kappa shape index (κ1) is 17.7. The van der Waals surface area contributed by atoms with Gasteiger partial charge in [-0.1, -0.05) is 12.1 Å². The molecule has 26 heavy (non-hydrogen) atoms. The molecule has 2 N–H and O–H groups in total. The summed E-state index contributed by atoms with van der Waals surface area (Å²) in [6.07, 6.45) is 8.39. The van der Waals surface area contributed by atoms with Crippen molar-refractivity contribution >= 4 is 11.6 Å². The van der Waals surface area contributed by atoms with Crippen LogP contribution in [-0.2, 0) is 0 Å². The minimum absolute atomic E-state index is 0.254. The number of nitrogens with one attached hydrogen (secondary N) is 2. The van der Waals surface area contributed by atoms with E-state index in [1.807, 2.05) is 7.05 Å². The molecule has 4 rings (SSSR count). The molecule has 2 aliphatic carbocycles. The number of hydrogen-bond donors (Lipinski definition) is 2. The summed E-state index contributed by atoms with van der Waals surface area (Å²) in [5, 5.41) is 7.21. The highest BCUT2D eigenvalue weighted by atomic mass is 15.2. The quantitative estimate of drug-likeness (QED) is 0.575. The van der Waals surface area contributed by atoms with Crippen LogP contribution in [0.4, 0.5) is 5.69 Å². The molecule has 3 aliphatic rings. The van der Waals surface area contributed by atoms with Crippen molar-refractivity contribution in [2.75, 3.05) is 31.6 Å². The number of aliphatic imine (C=N–C) groups is 1.